The highest BCUT2D eigenvalue weighted by atomic mass is 79.9. The van der Waals surface area contributed by atoms with E-state index in [1.807, 2.05) is 13.8 Å². The Morgan fingerprint density at radius 1 is 1.47 bits per heavy atom. The van der Waals surface area contributed by atoms with Crippen molar-refractivity contribution in [2.75, 3.05) is 13.7 Å². The van der Waals surface area contributed by atoms with Crippen LogP contribution in [0.1, 0.15) is 19.4 Å². The zero-order valence-electron chi connectivity index (χ0n) is 10.1. The van der Waals surface area contributed by atoms with Gasteiger partial charge in [0.1, 0.15) is 0 Å². The summed E-state index contributed by atoms with van der Waals surface area (Å²) in [4.78, 5) is 4.25. The molecule has 17 heavy (non-hydrogen) atoms. The fourth-order valence-electron chi connectivity index (χ4n) is 1.11. The molecule has 0 radical (unpaired) electrons. The van der Waals surface area contributed by atoms with Gasteiger partial charge in [0.15, 0.2) is 11.5 Å². The number of hydrogen-bond donors (Lipinski definition) is 2. The number of aliphatic imine (C=N–C) groups is 1. The van der Waals surface area contributed by atoms with Crippen LogP contribution in [0.4, 0.5) is 0 Å². The predicted molar refractivity (Wildman–Crippen MR) is 71.1 cm³/mol. The monoisotopic (exact) mass is 301 g/mol. The fourth-order valence-corrected chi connectivity index (χ4v) is 1.53. The van der Waals surface area contributed by atoms with Crippen LogP contribution >= 0.6 is 15.9 Å². The number of rotatable bonds is 4. The Kier molecular flexibility index (Phi) is 4.54. The minimum absolute atomic E-state index is 0.0384. The molecule has 0 aromatic heterocycles. The van der Waals surface area contributed by atoms with E-state index in [1.54, 1.807) is 18.3 Å². The molecule has 4 nitrogen and oxygen atoms in total. The van der Waals surface area contributed by atoms with E-state index in [9.17, 15) is 5.11 Å². The molecule has 0 atom stereocenters. The molecule has 0 aliphatic carbocycles. The third kappa shape index (κ3) is 3.71. The van der Waals surface area contributed by atoms with E-state index < -0.39 is 5.54 Å². The smallest absolute Gasteiger partial charge is 0.161 e. The van der Waals surface area contributed by atoms with Gasteiger partial charge in [-0.3, -0.25) is 4.99 Å². The number of halogens is 1. The van der Waals surface area contributed by atoms with Gasteiger partial charge < -0.3 is 14.9 Å². The molecule has 1 aromatic rings. The van der Waals surface area contributed by atoms with Crippen molar-refractivity contribution in [1.29, 1.82) is 0 Å². The summed E-state index contributed by atoms with van der Waals surface area (Å²) < 4.78 is 5.75. The second-order valence-corrected chi connectivity index (χ2v) is 5.13. The highest BCUT2D eigenvalue weighted by Gasteiger charge is 2.13. The standard InChI is InChI=1S/C12H16BrNO3/c1-12(2,7-15)14-6-8-4-10(16)11(17-3)5-9(8)13/h4-6,15-16H,7H2,1-3H3. The molecule has 94 valence electrons. The SMILES string of the molecule is COc1cc(Br)c(C=NC(C)(C)CO)cc1O. The summed E-state index contributed by atoms with van der Waals surface area (Å²) in [5, 5.41) is 18.7. The largest absolute Gasteiger partial charge is 0.504 e. The topological polar surface area (TPSA) is 62.0 Å². The lowest BCUT2D eigenvalue weighted by Crippen LogP contribution is -2.22. The average Bonchev–Trinajstić information content (AvgIpc) is 2.29. The van der Waals surface area contributed by atoms with Crippen LogP contribution in [0.25, 0.3) is 0 Å². The number of hydrogen-bond acceptors (Lipinski definition) is 4. The molecule has 0 aliphatic heterocycles. The molecule has 1 aromatic carbocycles. The van der Waals surface area contributed by atoms with Crippen LogP contribution in [-0.2, 0) is 0 Å². The number of methoxy groups -OCH3 is 1. The number of ether oxygens (including phenoxy) is 1. The summed E-state index contributed by atoms with van der Waals surface area (Å²) >= 11 is 3.37. The van der Waals surface area contributed by atoms with Gasteiger partial charge in [-0.25, -0.2) is 0 Å². The molecule has 0 amide bonds. The molecule has 0 unspecified atom stereocenters. The first-order chi connectivity index (χ1) is 7.89. The van der Waals surface area contributed by atoms with E-state index >= 15 is 0 Å². The van der Waals surface area contributed by atoms with Crippen molar-refractivity contribution in [1.82, 2.24) is 0 Å². The highest BCUT2D eigenvalue weighted by molar-refractivity contribution is 9.10. The van der Waals surface area contributed by atoms with E-state index in [0.29, 0.717) is 5.75 Å². The van der Waals surface area contributed by atoms with Crippen LogP contribution in [0, 0.1) is 0 Å². The molecule has 0 fully saturated rings. The second kappa shape index (κ2) is 5.51. The molecule has 0 heterocycles. The van der Waals surface area contributed by atoms with E-state index in [1.165, 1.54) is 7.11 Å². The normalized spacial score (nSPS) is 12.1. The Morgan fingerprint density at radius 3 is 2.65 bits per heavy atom. The van der Waals surface area contributed by atoms with E-state index in [4.69, 9.17) is 9.84 Å². The summed E-state index contributed by atoms with van der Waals surface area (Å²) in [5.74, 6) is 0.453. The first-order valence-electron chi connectivity index (χ1n) is 5.12. The number of aromatic hydroxyl groups is 1. The lowest BCUT2D eigenvalue weighted by Gasteiger charge is -2.15. The van der Waals surface area contributed by atoms with Crippen molar-refractivity contribution < 1.29 is 14.9 Å². The summed E-state index contributed by atoms with van der Waals surface area (Å²) in [7, 11) is 1.49. The quantitative estimate of drug-likeness (QED) is 0.839. The van der Waals surface area contributed by atoms with Gasteiger partial charge >= 0.3 is 0 Å². The second-order valence-electron chi connectivity index (χ2n) is 4.27. The van der Waals surface area contributed by atoms with Gasteiger partial charge in [-0.2, -0.15) is 0 Å². The molecular formula is C12H16BrNO3. The van der Waals surface area contributed by atoms with Gasteiger partial charge in [0, 0.05) is 16.3 Å². The molecular weight excluding hydrogens is 286 g/mol. The average molecular weight is 302 g/mol. The van der Waals surface area contributed by atoms with Crippen molar-refractivity contribution >= 4 is 22.1 Å². The van der Waals surface area contributed by atoms with Crippen LogP contribution in [0.5, 0.6) is 11.5 Å². The molecule has 5 heteroatoms. The zero-order valence-corrected chi connectivity index (χ0v) is 11.7. The first kappa shape index (κ1) is 14.0. The minimum atomic E-state index is -0.533. The Labute approximate surface area is 109 Å². The third-order valence-electron chi connectivity index (χ3n) is 2.24. The van der Waals surface area contributed by atoms with Crippen molar-refractivity contribution in [3.8, 4) is 11.5 Å². The first-order valence-corrected chi connectivity index (χ1v) is 5.91. The van der Waals surface area contributed by atoms with Gasteiger partial charge in [0.25, 0.3) is 0 Å². The lowest BCUT2D eigenvalue weighted by molar-refractivity contribution is 0.223. The molecule has 0 saturated carbocycles. The van der Waals surface area contributed by atoms with Crippen LogP contribution in [0.2, 0.25) is 0 Å². The predicted octanol–water partition coefficient (Wildman–Crippen LogP) is 2.35. The summed E-state index contributed by atoms with van der Waals surface area (Å²) in [5.41, 5.74) is 0.194. The van der Waals surface area contributed by atoms with Crippen molar-refractivity contribution in [2.45, 2.75) is 19.4 Å². The van der Waals surface area contributed by atoms with Crippen molar-refractivity contribution in [2.24, 2.45) is 4.99 Å². The molecule has 0 saturated heterocycles. The minimum Gasteiger partial charge on any atom is -0.504 e. The number of benzene rings is 1. The summed E-state index contributed by atoms with van der Waals surface area (Å²) in [6.07, 6.45) is 1.61. The van der Waals surface area contributed by atoms with Gasteiger partial charge in [-0.1, -0.05) is 0 Å². The van der Waals surface area contributed by atoms with E-state index in [0.717, 1.165) is 10.0 Å². The fraction of sp³-hybridized carbons (Fsp3) is 0.417. The zero-order chi connectivity index (χ0) is 13.1. The van der Waals surface area contributed by atoms with Crippen molar-refractivity contribution in [3.05, 3.63) is 22.2 Å². The number of nitrogens with zero attached hydrogens (tertiary/aromatic N) is 1. The van der Waals surface area contributed by atoms with Gasteiger partial charge in [-0.05, 0) is 41.9 Å². The maximum absolute atomic E-state index is 9.65. The molecule has 0 bridgehead atoms. The van der Waals surface area contributed by atoms with Crippen LogP contribution in [0.15, 0.2) is 21.6 Å². The Hall–Kier alpha value is -1.07. The maximum Gasteiger partial charge on any atom is 0.161 e. The number of phenolic OH excluding ortho intramolecular Hbond substituents is 1. The van der Waals surface area contributed by atoms with Gasteiger partial charge in [0.2, 0.25) is 0 Å². The molecule has 0 aliphatic rings. The summed E-state index contributed by atoms with van der Waals surface area (Å²) in [6.45, 7) is 3.60. The number of phenols is 1. The van der Waals surface area contributed by atoms with Crippen LogP contribution in [0.3, 0.4) is 0 Å². The molecule has 2 N–H and O–H groups in total. The Morgan fingerprint density at radius 2 is 2.12 bits per heavy atom. The van der Waals surface area contributed by atoms with E-state index in [-0.39, 0.29) is 12.4 Å². The lowest BCUT2D eigenvalue weighted by atomic mass is 10.1. The maximum atomic E-state index is 9.65. The highest BCUT2D eigenvalue weighted by Crippen LogP contribution is 2.31. The molecule has 1 rings (SSSR count). The Balaban J connectivity index is 3.04. The summed E-state index contributed by atoms with van der Waals surface area (Å²) in [6, 6.07) is 3.22. The third-order valence-corrected chi connectivity index (χ3v) is 2.92. The van der Waals surface area contributed by atoms with Gasteiger partial charge in [-0.15, -0.1) is 0 Å². The van der Waals surface area contributed by atoms with Gasteiger partial charge in [0.05, 0.1) is 19.3 Å². The van der Waals surface area contributed by atoms with E-state index in [2.05, 4.69) is 20.9 Å². The van der Waals surface area contributed by atoms with Crippen LogP contribution in [-0.4, -0.2) is 35.7 Å². The van der Waals surface area contributed by atoms with Crippen LogP contribution < -0.4 is 4.74 Å². The number of aliphatic hydroxyl groups excluding tert-OH is 1. The molecule has 0 spiro atoms. The van der Waals surface area contributed by atoms with Crippen molar-refractivity contribution in [3.63, 3.8) is 0 Å². The number of aliphatic hydroxyl groups is 1. The Bertz CT molecular complexity index is 430.